The van der Waals surface area contributed by atoms with Crippen molar-refractivity contribution in [3.8, 4) is 0 Å². The SMILES string of the molecule is CC(N)c1ccc(NC(=O)c2cc[nH]c(=O)c2)cc1. The number of pyridine rings is 1. The topological polar surface area (TPSA) is 88.0 Å². The fraction of sp³-hybridized carbons (Fsp3) is 0.143. The van der Waals surface area contributed by atoms with E-state index in [0.29, 0.717) is 11.3 Å². The second-order valence-corrected chi connectivity index (χ2v) is 4.31. The molecular formula is C14H15N3O2. The zero-order valence-electron chi connectivity index (χ0n) is 10.5. The summed E-state index contributed by atoms with van der Waals surface area (Å²) in [6, 6.07) is 10.0. The summed E-state index contributed by atoms with van der Waals surface area (Å²) in [5.74, 6) is -0.320. The summed E-state index contributed by atoms with van der Waals surface area (Å²) in [6.07, 6.45) is 1.44. The molecule has 0 aliphatic carbocycles. The number of nitrogens with two attached hydrogens (primary N) is 1. The van der Waals surface area contributed by atoms with Crippen LogP contribution in [0.3, 0.4) is 0 Å². The zero-order valence-corrected chi connectivity index (χ0v) is 10.5. The van der Waals surface area contributed by atoms with Gasteiger partial charge in [0.15, 0.2) is 0 Å². The highest BCUT2D eigenvalue weighted by Gasteiger charge is 2.06. The van der Waals surface area contributed by atoms with Crippen molar-refractivity contribution in [3.05, 3.63) is 64.1 Å². The van der Waals surface area contributed by atoms with Crippen LogP contribution in [0.5, 0.6) is 0 Å². The van der Waals surface area contributed by atoms with Crippen LogP contribution in [0.15, 0.2) is 47.4 Å². The molecule has 5 heteroatoms. The molecule has 1 aromatic carbocycles. The van der Waals surface area contributed by atoms with Gasteiger partial charge in [-0.2, -0.15) is 0 Å². The number of carbonyl (C=O) groups is 1. The molecule has 0 bridgehead atoms. The van der Waals surface area contributed by atoms with E-state index < -0.39 is 0 Å². The summed E-state index contributed by atoms with van der Waals surface area (Å²) in [7, 11) is 0. The molecule has 0 aliphatic rings. The van der Waals surface area contributed by atoms with Crippen LogP contribution in [0.1, 0.15) is 28.9 Å². The molecule has 98 valence electrons. The summed E-state index contributed by atoms with van der Waals surface area (Å²) in [6.45, 7) is 1.89. The van der Waals surface area contributed by atoms with Gasteiger partial charge in [-0.05, 0) is 30.7 Å². The van der Waals surface area contributed by atoms with Crippen molar-refractivity contribution in [3.63, 3.8) is 0 Å². The lowest BCUT2D eigenvalue weighted by Gasteiger charge is -2.08. The number of rotatable bonds is 3. The number of anilines is 1. The highest BCUT2D eigenvalue weighted by molar-refractivity contribution is 6.04. The summed E-state index contributed by atoms with van der Waals surface area (Å²) in [4.78, 5) is 25.5. The van der Waals surface area contributed by atoms with Crippen LogP contribution in [0.25, 0.3) is 0 Å². The Kier molecular flexibility index (Phi) is 3.77. The molecule has 0 saturated heterocycles. The molecule has 1 aromatic heterocycles. The van der Waals surface area contributed by atoms with Gasteiger partial charge < -0.3 is 16.0 Å². The maximum atomic E-state index is 11.9. The molecule has 2 aromatic rings. The van der Waals surface area contributed by atoms with Gasteiger partial charge in [0.2, 0.25) is 5.56 Å². The van der Waals surface area contributed by atoms with Gasteiger partial charge >= 0.3 is 0 Å². The third-order valence-corrected chi connectivity index (χ3v) is 2.73. The summed E-state index contributed by atoms with van der Waals surface area (Å²) < 4.78 is 0. The molecular weight excluding hydrogens is 242 g/mol. The van der Waals surface area contributed by atoms with Gasteiger partial charge in [-0.1, -0.05) is 12.1 Å². The molecule has 1 heterocycles. The Morgan fingerprint density at radius 2 is 1.95 bits per heavy atom. The van der Waals surface area contributed by atoms with Crippen molar-refractivity contribution in [2.75, 3.05) is 5.32 Å². The van der Waals surface area contributed by atoms with Crippen LogP contribution in [0.4, 0.5) is 5.69 Å². The van der Waals surface area contributed by atoms with E-state index in [0.717, 1.165) is 5.56 Å². The Labute approximate surface area is 110 Å². The molecule has 5 nitrogen and oxygen atoms in total. The highest BCUT2D eigenvalue weighted by atomic mass is 16.2. The zero-order chi connectivity index (χ0) is 13.8. The van der Waals surface area contributed by atoms with E-state index in [1.165, 1.54) is 12.3 Å². The van der Waals surface area contributed by atoms with E-state index >= 15 is 0 Å². The van der Waals surface area contributed by atoms with Crippen molar-refractivity contribution >= 4 is 11.6 Å². The van der Waals surface area contributed by atoms with Crippen LogP contribution in [0.2, 0.25) is 0 Å². The minimum absolute atomic E-state index is 0.0440. The number of hydrogen-bond acceptors (Lipinski definition) is 3. The molecule has 0 spiro atoms. The van der Waals surface area contributed by atoms with Gasteiger partial charge in [0, 0.05) is 29.6 Å². The van der Waals surface area contributed by atoms with Crippen molar-refractivity contribution in [1.82, 2.24) is 4.98 Å². The van der Waals surface area contributed by atoms with E-state index in [9.17, 15) is 9.59 Å². The fourth-order valence-corrected chi connectivity index (χ4v) is 1.66. The average Bonchev–Trinajstić information content (AvgIpc) is 2.39. The second kappa shape index (κ2) is 5.49. The molecule has 2 rings (SSSR count). The third kappa shape index (κ3) is 3.29. The van der Waals surface area contributed by atoms with Gasteiger partial charge in [-0.15, -0.1) is 0 Å². The lowest BCUT2D eigenvalue weighted by molar-refractivity contribution is 0.102. The van der Waals surface area contributed by atoms with Gasteiger partial charge in [0.25, 0.3) is 5.91 Å². The maximum Gasteiger partial charge on any atom is 0.255 e. The van der Waals surface area contributed by atoms with Gasteiger partial charge in [0.05, 0.1) is 0 Å². The first kappa shape index (κ1) is 13.0. The van der Waals surface area contributed by atoms with Crippen molar-refractivity contribution < 1.29 is 4.79 Å². The third-order valence-electron chi connectivity index (χ3n) is 2.73. The molecule has 19 heavy (non-hydrogen) atoms. The lowest BCUT2D eigenvalue weighted by Crippen LogP contribution is -2.15. The van der Waals surface area contributed by atoms with E-state index in [1.54, 1.807) is 18.2 Å². The molecule has 0 fully saturated rings. The number of hydrogen-bond donors (Lipinski definition) is 3. The first-order chi connectivity index (χ1) is 9.06. The summed E-state index contributed by atoms with van der Waals surface area (Å²) >= 11 is 0. The minimum atomic E-state index is -0.320. The van der Waals surface area contributed by atoms with Crippen molar-refractivity contribution in [2.45, 2.75) is 13.0 Å². The Morgan fingerprint density at radius 1 is 1.26 bits per heavy atom. The molecule has 1 amide bonds. The van der Waals surface area contributed by atoms with Gasteiger partial charge in [0.1, 0.15) is 0 Å². The Hall–Kier alpha value is -2.40. The van der Waals surface area contributed by atoms with Crippen molar-refractivity contribution in [2.24, 2.45) is 5.73 Å². The van der Waals surface area contributed by atoms with E-state index in [4.69, 9.17) is 5.73 Å². The minimum Gasteiger partial charge on any atom is -0.329 e. The highest BCUT2D eigenvalue weighted by Crippen LogP contribution is 2.14. The van der Waals surface area contributed by atoms with E-state index in [2.05, 4.69) is 10.3 Å². The molecule has 0 radical (unpaired) electrons. The van der Waals surface area contributed by atoms with Crippen LogP contribution < -0.4 is 16.6 Å². The molecule has 0 aliphatic heterocycles. The van der Waals surface area contributed by atoms with Crippen LogP contribution in [-0.4, -0.2) is 10.9 Å². The second-order valence-electron chi connectivity index (χ2n) is 4.31. The smallest absolute Gasteiger partial charge is 0.255 e. The van der Waals surface area contributed by atoms with Gasteiger partial charge in [-0.3, -0.25) is 9.59 Å². The van der Waals surface area contributed by atoms with Crippen LogP contribution >= 0.6 is 0 Å². The molecule has 0 saturated carbocycles. The monoisotopic (exact) mass is 257 g/mol. The molecule has 1 atom stereocenters. The number of nitrogens with one attached hydrogen (secondary N) is 2. The predicted molar refractivity (Wildman–Crippen MR) is 74.1 cm³/mol. The number of aromatic nitrogens is 1. The van der Waals surface area contributed by atoms with E-state index in [-0.39, 0.29) is 17.5 Å². The van der Waals surface area contributed by atoms with E-state index in [1.807, 2.05) is 19.1 Å². The van der Waals surface area contributed by atoms with Crippen LogP contribution in [0, 0.1) is 0 Å². The average molecular weight is 257 g/mol. The predicted octanol–water partition coefficient (Wildman–Crippen LogP) is 1.65. The summed E-state index contributed by atoms with van der Waals surface area (Å²) in [5.41, 5.74) is 7.42. The Morgan fingerprint density at radius 3 is 2.53 bits per heavy atom. The number of benzene rings is 1. The molecule has 1 unspecified atom stereocenters. The number of carbonyl (C=O) groups excluding carboxylic acids is 1. The van der Waals surface area contributed by atoms with Crippen molar-refractivity contribution in [1.29, 1.82) is 0 Å². The Bertz CT molecular complexity index is 630. The largest absolute Gasteiger partial charge is 0.329 e. The normalized spacial score (nSPS) is 11.9. The maximum absolute atomic E-state index is 11.9. The first-order valence-corrected chi connectivity index (χ1v) is 5.92. The number of amides is 1. The quantitative estimate of drug-likeness (QED) is 0.781. The lowest BCUT2D eigenvalue weighted by atomic mass is 10.1. The standard InChI is InChI=1S/C14H15N3O2/c1-9(15)10-2-4-12(5-3-10)17-14(19)11-6-7-16-13(18)8-11/h2-9H,15H2,1H3,(H,16,18)(H,17,19). The van der Waals surface area contributed by atoms with Gasteiger partial charge in [-0.25, -0.2) is 0 Å². The number of H-pyrrole nitrogens is 1. The first-order valence-electron chi connectivity index (χ1n) is 5.92. The molecule has 4 N–H and O–H groups in total. The Balaban J connectivity index is 2.13. The fourth-order valence-electron chi connectivity index (χ4n) is 1.66. The summed E-state index contributed by atoms with van der Waals surface area (Å²) in [5, 5.41) is 2.72. The van der Waals surface area contributed by atoms with Crippen LogP contribution in [-0.2, 0) is 0 Å². The number of aromatic amines is 1.